The van der Waals surface area contributed by atoms with Crippen molar-refractivity contribution in [3.63, 3.8) is 0 Å². The Labute approximate surface area is 233 Å². The van der Waals surface area contributed by atoms with Crippen molar-refractivity contribution in [3.05, 3.63) is 71.8 Å². The summed E-state index contributed by atoms with van der Waals surface area (Å²) in [5.74, 6) is -3.63. The Morgan fingerprint density at radius 2 is 1.95 bits per heavy atom. The van der Waals surface area contributed by atoms with Crippen LogP contribution in [0.4, 0.5) is 19.0 Å². The van der Waals surface area contributed by atoms with Crippen LogP contribution in [0.25, 0.3) is 22.3 Å². The monoisotopic (exact) mass is 561 g/mol. The number of nitrogens with zero attached hydrogens (tertiary/aromatic N) is 6. The predicted octanol–water partition coefficient (Wildman–Crippen LogP) is 5.38. The summed E-state index contributed by atoms with van der Waals surface area (Å²) in [6.07, 6.45) is 4.34. The summed E-state index contributed by atoms with van der Waals surface area (Å²) in [4.78, 5) is 23.2. The lowest BCUT2D eigenvalue weighted by Gasteiger charge is -2.24. The predicted molar refractivity (Wildman–Crippen MR) is 145 cm³/mol. The van der Waals surface area contributed by atoms with Crippen LogP contribution in [0.1, 0.15) is 26.7 Å². The Balaban J connectivity index is 1.49. The molecule has 41 heavy (non-hydrogen) atoms. The van der Waals surface area contributed by atoms with Crippen LogP contribution in [-0.2, 0) is 11.3 Å². The highest BCUT2D eigenvalue weighted by molar-refractivity contribution is 5.99. The van der Waals surface area contributed by atoms with E-state index in [1.54, 1.807) is 15.7 Å². The van der Waals surface area contributed by atoms with Gasteiger partial charge in [0.05, 0.1) is 18.0 Å². The average Bonchev–Trinajstić information content (AvgIpc) is 3.55. The summed E-state index contributed by atoms with van der Waals surface area (Å²) in [5.41, 5.74) is 6.80. The molecule has 0 radical (unpaired) electrons. The number of amides is 1. The zero-order valence-electron chi connectivity index (χ0n) is 22.3. The molecular formula is C29H26F3N7O2. The summed E-state index contributed by atoms with van der Waals surface area (Å²) in [5, 5.41) is 14.5. The van der Waals surface area contributed by atoms with Gasteiger partial charge in [-0.1, -0.05) is 26.0 Å². The standard InChI is InChI=1S/C29H26F3N7O2/c1-16(2)11-17(13-33)29(40)38-10-4-5-18(38)14-39-28-24(27(34)35-15-36-28)25(37-39)20-9-8-19(12-23(20)32)41-26-21(30)6-3-7-22(26)31/h3,6-9,11-12,15-16,18H,4-5,10,14H2,1-2H3,(H2,34,35,36)/b17-11-/t18-/m0/s1. The second kappa shape index (κ2) is 11.3. The lowest BCUT2D eigenvalue weighted by atomic mass is 10.1. The lowest BCUT2D eigenvalue weighted by Crippen LogP contribution is -2.39. The molecule has 0 unspecified atom stereocenters. The number of benzene rings is 2. The first-order chi connectivity index (χ1) is 19.7. The summed E-state index contributed by atoms with van der Waals surface area (Å²) < 4.78 is 50.3. The van der Waals surface area contributed by atoms with Gasteiger partial charge in [-0.2, -0.15) is 10.4 Å². The van der Waals surface area contributed by atoms with Gasteiger partial charge in [-0.25, -0.2) is 27.8 Å². The molecule has 1 atom stereocenters. The minimum absolute atomic E-state index is 0.0318. The second-order valence-corrected chi connectivity index (χ2v) is 10.0. The first-order valence-corrected chi connectivity index (χ1v) is 13.0. The van der Waals surface area contributed by atoms with Gasteiger partial charge >= 0.3 is 0 Å². The number of para-hydroxylation sites is 1. The molecule has 2 N–H and O–H groups in total. The number of aromatic nitrogens is 4. The molecule has 2 aromatic heterocycles. The maximum atomic E-state index is 15.4. The summed E-state index contributed by atoms with van der Waals surface area (Å²) in [7, 11) is 0. The highest BCUT2D eigenvalue weighted by Crippen LogP contribution is 2.35. The number of nitrogens with two attached hydrogens (primary N) is 1. The summed E-state index contributed by atoms with van der Waals surface area (Å²) in [6, 6.07) is 8.70. The van der Waals surface area contributed by atoms with Gasteiger partial charge in [0, 0.05) is 18.2 Å². The Hall–Kier alpha value is -4.92. The molecule has 12 heteroatoms. The zero-order valence-corrected chi connectivity index (χ0v) is 22.3. The van der Waals surface area contributed by atoms with E-state index in [-0.39, 0.29) is 52.8 Å². The number of fused-ring (bicyclic) bond motifs is 1. The van der Waals surface area contributed by atoms with Crippen LogP contribution in [-0.4, -0.2) is 43.1 Å². The minimum atomic E-state index is -0.926. The fraction of sp³-hybridized carbons (Fsp3) is 0.276. The normalized spacial score (nSPS) is 15.5. The quantitative estimate of drug-likeness (QED) is 0.237. The number of allylic oxidation sites excluding steroid dienone is 1. The SMILES string of the molecule is CC(C)/C=C(/C#N)C(=O)N1CCC[C@H]1Cn1nc(-c2ccc(Oc3c(F)cccc3F)cc2F)c2c(N)ncnc21. The van der Waals surface area contributed by atoms with Gasteiger partial charge in [-0.15, -0.1) is 0 Å². The number of hydrogen-bond acceptors (Lipinski definition) is 7. The van der Waals surface area contributed by atoms with Crippen LogP contribution in [0.15, 0.2) is 54.4 Å². The number of halogens is 3. The van der Waals surface area contributed by atoms with Crippen LogP contribution in [0.3, 0.4) is 0 Å². The van der Waals surface area contributed by atoms with Gasteiger partial charge in [0.15, 0.2) is 23.0 Å². The van der Waals surface area contributed by atoms with Gasteiger partial charge in [0.25, 0.3) is 5.91 Å². The van der Waals surface area contributed by atoms with Crippen LogP contribution >= 0.6 is 0 Å². The third-order valence-electron chi connectivity index (χ3n) is 6.77. The maximum Gasteiger partial charge on any atom is 0.264 e. The largest absolute Gasteiger partial charge is 0.451 e. The van der Waals surface area contributed by atoms with E-state index in [4.69, 9.17) is 10.5 Å². The van der Waals surface area contributed by atoms with Crippen molar-refractivity contribution in [3.8, 4) is 28.8 Å². The van der Waals surface area contributed by atoms with Crippen LogP contribution in [0.2, 0.25) is 0 Å². The molecule has 3 heterocycles. The Kier molecular flexibility index (Phi) is 7.61. The van der Waals surface area contributed by atoms with Crippen molar-refractivity contribution in [2.75, 3.05) is 12.3 Å². The Morgan fingerprint density at radius 3 is 2.63 bits per heavy atom. The number of likely N-dealkylation sites (tertiary alicyclic amines) is 1. The molecule has 1 aliphatic heterocycles. The topological polar surface area (TPSA) is 123 Å². The number of rotatable bonds is 7. The maximum absolute atomic E-state index is 15.4. The second-order valence-electron chi connectivity index (χ2n) is 10.0. The van der Waals surface area contributed by atoms with E-state index in [0.29, 0.717) is 24.0 Å². The van der Waals surface area contributed by atoms with E-state index in [1.807, 2.05) is 19.9 Å². The van der Waals surface area contributed by atoms with Gasteiger partial charge < -0.3 is 15.4 Å². The van der Waals surface area contributed by atoms with E-state index < -0.39 is 23.2 Å². The van der Waals surface area contributed by atoms with Crippen molar-refractivity contribution in [1.82, 2.24) is 24.6 Å². The number of hydrogen-bond donors (Lipinski definition) is 1. The van der Waals surface area contributed by atoms with Gasteiger partial charge in [-0.05, 0) is 43.0 Å². The molecule has 0 bridgehead atoms. The molecule has 1 fully saturated rings. The van der Waals surface area contributed by atoms with Crippen LogP contribution in [0, 0.1) is 34.7 Å². The van der Waals surface area contributed by atoms with Gasteiger partial charge in [-0.3, -0.25) is 4.79 Å². The Bertz CT molecular complexity index is 1690. The number of carbonyl (C=O) groups is 1. The molecule has 1 saturated heterocycles. The van der Waals surface area contributed by atoms with E-state index >= 15 is 4.39 Å². The van der Waals surface area contributed by atoms with E-state index in [2.05, 4.69) is 15.1 Å². The van der Waals surface area contributed by atoms with Gasteiger partial charge in [0.2, 0.25) is 0 Å². The average molecular weight is 562 g/mol. The van der Waals surface area contributed by atoms with E-state index in [1.165, 1.54) is 24.5 Å². The number of nitriles is 1. The lowest BCUT2D eigenvalue weighted by molar-refractivity contribution is -0.127. The summed E-state index contributed by atoms with van der Waals surface area (Å²) >= 11 is 0. The molecule has 0 saturated carbocycles. The molecule has 0 spiro atoms. The first kappa shape index (κ1) is 27.6. The molecule has 210 valence electrons. The highest BCUT2D eigenvalue weighted by atomic mass is 19.1. The zero-order chi connectivity index (χ0) is 29.3. The highest BCUT2D eigenvalue weighted by Gasteiger charge is 2.32. The van der Waals surface area contributed by atoms with E-state index in [0.717, 1.165) is 24.6 Å². The van der Waals surface area contributed by atoms with Crippen molar-refractivity contribution in [1.29, 1.82) is 5.26 Å². The molecule has 9 nitrogen and oxygen atoms in total. The van der Waals surface area contributed by atoms with Crippen molar-refractivity contribution < 1.29 is 22.7 Å². The smallest absolute Gasteiger partial charge is 0.264 e. The first-order valence-electron chi connectivity index (χ1n) is 13.0. The molecule has 1 aliphatic rings. The molecule has 1 amide bonds. The van der Waals surface area contributed by atoms with Crippen molar-refractivity contribution in [2.24, 2.45) is 5.92 Å². The Morgan fingerprint density at radius 1 is 1.20 bits per heavy atom. The third-order valence-corrected chi connectivity index (χ3v) is 6.77. The number of anilines is 1. The summed E-state index contributed by atoms with van der Waals surface area (Å²) in [6.45, 7) is 4.50. The fourth-order valence-corrected chi connectivity index (χ4v) is 4.93. The molecule has 4 aromatic rings. The van der Waals surface area contributed by atoms with Gasteiger partial charge in [0.1, 0.15) is 41.0 Å². The van der Waals surface area contributed by atoms with Crippen LogP contribution < -0.4 is 10.5 Å². The van der Waals surface area contributed by atoms with Crippen LogP contribution in [0.5, 0.6) is 11.5 Å². The van der Waals surface area contributed by atoms with E-state index in [9.17, 15) is 18.8 Å². The molecule has 2 aromatic carbocycles. The molecule has 0 aliphatic carbocycles. The number of ether oxygens (including phenoxy) is 1. The van der Waals surface area contributed by atoms with Crippen molar-refractivity contribution in [2.45, 2.75) is 39.3 Å². The molecule has 5 rings (SSSR count). The van der Waals surface area contributed by atoms with Crippen molar-refractivity contribution >= 4 is 22.8 Å². The third kappa shape index (κ3) is 5.43. The minimum Gasteiger partial charge on any atom is -0.451 e. The number of carbonyl (C=O) groups excluding carboxylic acids is 1. The molecular weight excluding hydrogens is 535 g/mol. The fourth-order valence-electron chi connectivity index (χ4n) is 4.93. The number of nitrogen functional groups attached to an aromatic ring is 1.